The Labute approximate surface area is 111 Å². The van der Waals surface area contributed by atoms with Crippen molar-refractivity contribution in [1.29, 1.82) is 0 Å². The van der Waals surface area contributed by atoms with E-state index < -0.39 is 0 Å². The fraction of sp³-hybridized carbons (Fsp3) is 0.417. The van der Waals surface area contributed by atoms with Gasteiger partial charge in [-0.3, -0.25) is 0 Å². The molecule has 2 aromatic heterocycles. The maximum Gasteiger partial charge on any atom is 0.191 e. The molecule has 0 saturated carbocycles. The Morgan fingerprint density at radius 1 is 1.39 bits per heavy atom. The summed E-state index contributed by atoms with van der Waals surface area (Å²) in [5.74, 6) is 2.71. The van der Waals surface area contributed by atoms with Crippen LogP contribution in [-0.2, 0) is 12.8 Å². The van der Waals surface area contributed by atoms with Crippen molar-refractivity contribution in [3.05, 3.63) is 29.7 Å². The summed E-state index contributed by atoms with van der Waals surface area (Å²) in [6.07, 6.45) is 1.80. The molecule has 0 aromatic carbocycles. The van der Waals surface area contributed by atoms with Gasteiger partial charge in [-0.2, -0.15) is 0 Å². The zero-order valence-corrected chi connectivity index (χ0v) is 11.7. The predicted octanol–water partition coefficient (Wildman–Crippen LogP) is 2.24. The normalized spacial score (nSPS) is 10.6. The van der Waals surface area contributed by atoms with Gasteiger partial charge in [-0.15, -0.1) is 10.2 Å². The highest BCUT2D eigenvalue weighted by Crippen LogP contribution is 2.24. The van der Waals surface area contributed by atoms with E-state index in [4.69, 9.17) is 0 Å². The minimum Gasteiger partial charge on any atom is -0.370 e. The van der Waals surface area contributed by atoms with Crippen LogP contribution in [0.2, 0.25) is 0 Å². The van der Waals surface area contributed by atoms with Gasteiger partial charge < -0.3 is 9.88 Å². The van der Waals surface area contributed by atoms with Crippen molar-refractivity contribution >= 4 is 17.6 Å². The molecule has 0 radical (unpaired) electrons. The lowest BCUT2D eigenvalue weighted by molar-refractivity contribution is 0.765. The van der Waals surface area contributed by atoms with Gasteiger partial charge in [0.1, 0.15) is 11.6 Å². The van der Waals surface area contributed by atoms with Crippen molar-refractivity contribution in [1.82, 2.24) is 19.7 Å². The summed E-state index contributed by atoms with van der Waals surface area (Å²) in [6, 6.07) is 4.04. The number of nitrogens with one attached hydrogen (secondary N) is 1. The van der Waals surface area contributed by atoms with Crippen molar-refractivity contribution in [3.63, 3.8) is 0 Å². The molecule has 6 heteroatoms. The maximum absolute atomic E-state index is 4.34. The average Bonchev–Trinajstić information content (AvgIpc) is 2.70. The molecule has 0 atom stereocenters. The Kier molecular flexibility index (Phi) is 4.19. The molecule has 0 unspecified atom stereocenters. The van der Waals surface area contributed by atoms with E-state index >= 15 is 0 Å². The van der Waals surface area contributed by atoms with Crippen LogP contribution in [0.4, 0.5) is 5.82 Å². The van der Waals surface area contributed by atoms with Gasteiger partial charge in [-0.05, 0) is 19.9 Å². The Balaban J connectivity index is 2.08. The molecule has 2 heterocycles. The first kappa shape index (κ1) is 12.9. The smallest absolute Gasteiger partial charge is 0.191 e. The number of hydrogen-bond acceptors (Lipinski definition) is 5. The van der Waals surface area contributed by atoms with Crippen LogP contribution in [0.5, 0.6) is 0 Å². The van der Waals surface area contributed by atoms with Crippen LogP contribution in [0, 0.1) is 6.92 Å². The first-order chi connectivity index (χ1) is 8.72. The lowest BCUT2D eigenvalue weighted by Crippen LogP contribution is -2.02. The fourth-order valence-electron chi connectivity index (χ4n) is 1.54. The molecule has 0 amide bonds. The summed E-state index contributed by atoms with van der Waals surface area (Å²) in [7, 11) is 1.98. The van der Waals surface area contributed by atoms with E-state index in [1.165, 1.54) is 5.56 Å². The van der Waals surface area contributed by atoms with Crippen molar-refractivity contribution in [3.8, 4) is 0 Å². The van der Waals surface area contributed by atoms with Gasteiger partial charge in [0.2, 0.25) is 0 Å². The van der Waals surface area contributed by atoms with Gasteiger partial charge in [-0.25, -0.2) is 4.98 Å². The quantitative estimate of drug-likeness (QED) is 0.838. The highest BCUT2D eigenvalue weighted by molar-refractivity contribution is 7.98. The minimum atomic E-state index is 0.835. The van der Waals surface area contributed by atoms with Crippen LogP contribution < -0.4 is 5.32 Å². The number of aromatic nitrogens is 4. The van der Waals surface area contributed by atoms with Gasteiger partial charge >= 0.3 is 0 Å². The Bertz CT molecular complexity index is 523. The summed E-state index contributed by atoms with van der Waals surface area (Å²) < 4.78 is 1.99. The third-order valence-electron chi connectivity index (χ3n) is 2.64. The lowest BCUT2D eigenvalue weighted by atomic mass is 10.3. The number of thioether (sulfide) groups is 1. The van der Waals surface area contributed by atoms with Crippen LogP contribution in [0.1, 0.15) is 18.3 Å². The van der Waals surface area contributed by atoms with Gasteiger partial charge in [0.05, 0.1) is 0 Å². The topological polar surface area (TPSA) is 55.6 Å². The summed E-state index contributed by atoms with van der Waals surface area (Å²) in [5, 5.41) is 12.4. The molecular weight excluding hydrogens is 246 g/mol. The van der Waals surface area contributed by atoms with Crippen molar-refractivity contribution in [2.45, 2.75) is 24.8 Å². The number of nitrogens with zero attached hydrogens (tertiary/aromatic N) is 4. The van der Waals surface area contributed by atoms with Crippen molar-refractivity contribution in [2.75, 3.05) is 11.9 Å². The number of anilines is 1. The molecule has 0 aliphatic heterocycles. The van der Waals surface area contributed by atoms with E-state index in [1.807, 2.05) is 24.6 Å². The van der Waals surface area contributed by atoms with Crippen LogP contribution >= 0.6 is 11.8 Å². The van der Waals surface area contributed by atoms with Crippen molar-refractivity contribution < 1.29 is 0 Å². The third-order valence-corrected chi connectivity index (χ3v) is 3.71. The molecule has 0 fully saturated rings. The summed E-state index contributed by atoms with van der Waals surface area (Å²) in [5.41, 5.74) is 1.19. The SMILES string of the molecule is CCNc1ncccc1CSc1nnc(C)n1C. The van der Waals surface area contributed by atoms with E-state index in [9.17, 15) is 0 Å². The van der Waals surface area contributed by atoms with Crippen LogP contribution in [0.25, 0.3) is 0 Å². The zero-order chi connectivity index (χ0) is 13.0. The molecule has 0 aliphatic carbocycles. The molecule has 0 saturated heterocycles. The van der Waals surface area contributed by atoms with Gasteiger partial charge in [0, 0.05) is 31.1 Å². The third kappa shape index (κ3) is 2.81. The Hall–Kier alpha value is -1.56. The highest BCUT2D eigenvalue weighted by atomic mass is 32.2. The largest absolute Gasteiger partial charge is 0.370 e. The van der Waals surface area contributed by atoms with Gasteiger partial charge in [0.25, 0.3) is 0 Å². The molecule has 96 valence electrons. The number of aryl methyl sites for hydroxylation is 1. The van der Waals surface area contributed by atoms with E-state index in [2.05, 4.69) is 33.5 Å². The second-order valence-corrected chi connectivity index (χ2v) is 4.86. The average molecular weight is 263 g/mol. The van der Waals surface area contributed by atoms with Crippen LogP contribution in [-0.4, -0.2) is 26.3 Å². The first-order valence-corrected chi connectivity index (χ1v) is 6.87. The standard InChI is InChI=1S/C12H17N5S/c1-4-13-11-10(6-5-7-14-11)8-18-12-16-15-9(2)17(12)3/h5-7H,4,8H2,1-3H3,(H,13,14). The lowest BCUT2D eigenvalue weighted by Gasteiger charge is -2.08. The minimum absolute atomic E-state index is 0.835. The Morgan fingerprint density at radius 3 is 2.89 bits per heavy atom. The zero-order valence-electron chi connectivity index (χ0n) is 10.8. The highest BCUT2D eigenvalue weighted by Gasteiger charge is 2.08. The predicted molar refractivity (Wildman–Crippen MR) is 73.7 cm³/mol. The van der Waals surface area contributed by atoms with Gasteiger partial charge in [-0.1, -0.05) is 17.8 Å². The molecule has 0 spiro atoms. The molecule has 1 N–H and O–H groups in total. The van der Waals surface area contributed by atoms with E-state index in [0.29, 0.717) is 0 Å². The fourth-order valence-corrected chi connectivity index (χ4v) is 2.48. The number of pyridine rings is 1. The molecule has 5 nitrogen and oxygen atoms in total. The molecule has 0 bridgehead atoms. The van der Waals surface area contributed by atoms with E-state index in [0.717, 1.165) is 29.1 Å². The molecule has 2 rings (SSSR count). The van der Waals surface area contributed by atoms with Crippen LogP contribution in [0.3, 0.4) is 0 Å². The number of hydrogen-bond donors (Lipinski definition) is 1. The summed E-state index contributed by atoms with van der Waals surface area (Å²) in [4.78, 5) is 4.34. The molecule has 2 aromatic rings. The van der Waals surface area contributed by atoms with E-state index in [-0.39, 0.29) is 0 Å². The summed E-state index contributed by atoms with van der Waals surface area (Å²) in [6.45, 7) is 4.89. The van der Waals surface area contributed by atoms with E-state index in [1.54, 1.807) is 18.0 Å². The molecular formula is C12H17N5S. The van der Waals surface area contributed by atoms with Gasteiger partial charge in [0.15, 0.2) is 5.16 Å². The summed E-state index contributed by atoms with van der Waals surface area (Å²) >= 11 is 1.67. The first-order valence-electron chi connectivity index (χ1n) is 5.89. The van der Waals surface area contributed by atoms with Crippen molar-refractivity contribution in [2.24, 2.45) is 7.05 Å². The Morgan fingerprint density at radius 2 is 2.22 bits per heavy atom. The molecule has 18 heavy (non-hydrogen) atoms. The second kappa shape index (κ2) is 5.86. The molecule has 0 aliphatic rings. The second-order valence-electron chi connectivity index (χ2n) is 3.92. The maximum atomic E-state index is 4.34. The number of rotatable bonds is 5. The van der Waals surface area contributed by atoms with Crippen LogP contribution in [0.15, 0.2) is 23.5 Å². The monoisotopic (exact) mass is 263 g/mol.